The molecule has 27 heavy (non-hydrogen) atoms. The molecule has 0 radical (unpaired) electrons. The first-order chi connectivity index (χ1) is 13.0. The Kier molecular flexibility index (Phi) is 6.26. The maximum absolute atomic E-state index is 12.2. The van der Waals surface area contributed by atoms with Crippen molar-refractivity contribution in [2.45, 2.75) is 18.5 Å². The topological polar surface area (TPSA) is 87.7 Å². The SMILES string of the molecule is Cc1c(Cl)cccc1NC(=O)CSc1nnc(Cc2ccccc2)c(=O)[nH]1. The first kappa shape index (κ1) is 19.1. The zero-order chi connectivity index (χ0) is 19.2. The van der Waals surface area contributed by atoms with Crippen LogP contribution in [0.4, 0.5) is 5.69 Å². The number of benzene rings is 2. The lowest BCUT2D eigenvalue weighted by molar-refractivity contribution is -0.113. The smallest absolute Gasteiger partial charge is 0.273 e. The highest BCUT2D eigenvalue weighted by Crippen LogP contribution is 2.23. The predicted molar refractivity (Wildman–Crippen MR) is 107 cm³/mol. The second kappa shape index (κ2) is 8.83. The molecule has 0 fully saturated rings. The molecule has 0 spiro atoms. The summed E-state index contributed by atoms with van der Waals surface area (Å²) in [6.45, 7) is 1.83. The number of carbonyl (C=O) groups is 1. The lowest BCUT2D eigenvalue weighted by atomic mass is 10.1. The third-order valence-electron chi connectivity index (χ3n) is 3.84. The Labute approximate surface area is 165 Å². The van der Waals surface area contributed by atoms with Crippen LogP contribution < -0.4 is 10.9 Å². The van der Waals surface area contributed by atoms with E-state index >= 15 is 0 Å². The van der Waals surface area contributed by atoms with Crippen LogP contribution in [0.2, 0.25) is 5.02 Å². The van der Waals surface area contributed by atoms with Gasteiger partial charge in [0.25, 0.3) is 5.56 Å². The van der Waals surface area contributed by atoms with Crippen LogP contribution in [0.5, 0.6) is 0 Å². The summed E-state index contributed by atoms with van der Waals surface area (Å²) < 4.78 is 0. The van der Waals surface area contributed by atoms with Gasteiger partial charge >= 0.3 is 0 Å². The van der Waals surface area contributed by atoms with Crippen molar-refractivity contribution < 1.29 is 4.79 Å². The number of H-pyrrole nitrogens is 1. The molecule has 8 heteroatoms. The van der Waals surface area contributed by atoms with E-state index < -0.39 is 0 Å². The number of rotatable bonds is 6. The normalized spacial score (nSPS) is 10.6. The highest BCUT2D eigenvalue weighted by atomic mass is 35.5. The highest BCUT2D eigenvalue weighted by molar-refractivity contribution is 7.99. The molecule has 0 saturated carbocycles. The van der Waals surface area contributed by atoms with E-state index in [1.54, 1.807) is 18.2 Å². The van der Waals surface area contributed by atoms with Gasteiger partial charge in [0.05, 0.1) is 5.75 Å². The number of anilines is 1. The van der Waals surface area contributed by atoms with Crippen LogP contribution in [0, 0.1) is 6.92 Å². The van der Waals surface area contributed by atoms with Crippen LogP contribution in [0.3, 0.4) is 0 Å². The fraction of sp³-hybridized carbons (Fsp3) is 0.158. The highest BCUT2D eigenvalue weighted by Gasteiger charge is 2.10. The van der Waals surface area contributed by atoms with Gasteiger partial charge in [0, 0.05) is 17.1 Å². The van der Waals surface area contributed by atoms with Gasteiger partial charge in [-0.3, -0.25) is 14.6 Å². The van der Waals surface area contributed by atoms with E-state index in [-0.39, 0.29) is 17.2 Å². The summed E-state index contributed by atoms with van der Waals surface area (Å²) in [6, 6.07) is 14.9. The first-order valence-electron chi connectivity index (χ1n) is 8.20. The number of halogens is 1. The molecule has 0 unspecified atom stereocenters. The van der Waals surface area contributed by atoms with Gasteiger partial charge in [0.15, 0.2) is 5.16 Å². The molecule has 6 nitrogen and oxygen atoms in total. The Bertz CT molecular complexity index is 1010. The van der Waals surface area contributed by atoms with E-state index in [4.69, 9.17) is 11.6 Å². The van der Waals surface area contributed by atoms with Gasteiger partial charge in [0.2, 0.25) is 5.91 Å². The van der Waals surface area contributed by atoms with E-state index in [0.29, 0.717) is 28.0 Å². The number of aromatic amines is 1. The minimum absolute atomic E-state index is 0.0919. The number of carbonyl (C=O) groups excluding carboxylic acids is 1. The van der Waals surface area contributed by atoms with E-state index in [1.807, 2.05) is 37.3 Å². The quantitative estimate of drug-likeness (QED) is 0.619. The van der Waals surface area contributed by atoms with Crippen molar-refractivity contribution in [3.63, 3.8) is 0 Å². The average Bonchev–Trinajstić information content (AvgIpc) is 2.67. The third-order valence-corrected chi connectivity index (χ3v) is 5.11. The molecule has 2 N–H and O–H groups in total. The molecular formula is C19H17ClN4O2S. The van der Waals surface area contributed by atoms with Crippen molar-refractivity contribution in [1.29, 1.82) is 0 Å². The van der Waals surface area contributed by atoms with Gasteiger partial charge in [-0.15, -0.1) is 10.2 Å². The molecule has 0 saturated heterocycles. The summed E-state index contributed by atoms with van der Waals surface area (Å²) in [5.74, 6) is -0.129. The van der Waals surface area contributed by atoms with E-state index in [0.717, 1.165) is 22.9 Å². The summed E-state index contributed by atoms with van der Waals surface area (Å²) in [4.78, 5) is 27.0. The zero-order valence-corrected chi connectivity index (χ0v) is 16.1. The molecule has 2 aromatic carbocycles. The fourth-order valence-electron chi connectivity index (χ4n) is 2.38. The maximum Gasteiger partial charge on any atom is 0.273 e. The number of nitrogens with one attached hydrogen (secondary N) is 2. The van der Waals surface area contributed by atoms with Gasteiger partial charge in [-0.2, -0.15) is 0 Å². The second-order valence-corrected chi connectivity index (χ2v) is 7.19. The Morgan fingerprint density at radius 3 is 2.67 bits per heavy atom. The van der Waals surface area contributed by atoms with Crippen molar-refractivity contribution in [1.82, 2.24) is 15.2 Å². The summed E-state index contributed by atoms with van der Waals surface area (Å²) in [7, 11) is 0. The van der Waals surface area contributed by atoms with Crippen LogP contribution in [-0.4, -0.2) is 26.8 Å². The van der Waals surface area contributed by atoms with E-state index in [9.17, 15) is 9.59 Å². The van der Waals surface area contributed by atoms with Crippen LogP contribution in [0.15, 0.2) is 58.5 Å². The van der Waals surface area contributed by atoms with Gasteiger partial charge in [-0.05, 0) is 30.2 Å². The molecule has 138 valence electrons. The van der Waals surface area contributed by atoms with Gasteiger partial charge in [0.1, 0.15) is 5.69 Å². The number of thioether (sulfide) groups is 1. The second-order valence-electron chi connectivity index (χ2n) is 5.82. The van der Waals surface area contributed by atoms with Crippen molar-refractivity contribution >= 4 is 35.0 Å². The minimum Gasteiger partial charge on any atom is -0.325 e. The number of nitrogens with zero attached hydrogens (tertiary/aromatic N) is 2. The van der Waals surface area contributed by atoms with Crippen LogP contribution in [0.1, 0.15) is 16.8 Å². The molecule has 0 bridgehead atoms. The molecule has 0 aliphatic heterocycles. The monoisotopic (exact) mass is 400 g/mol. The zero-order valence-electron chi connectivity index (χ0n) is 14.5. The molecular weight excluding hydrogens is 384 g/mol. The molecule has 0 atom stereocenters. The predicted octanol–water partition coefficient (Wildman–Crippen LogP) is 3.45. The number of hydrogen-bond donors (Lipinski definition) is 2. The summed E-state index contributed by atoms with van der Waals surface area (Å²) in [6.07, 6.45) is 0.405. The van der Waals surface area contributed by atoms with Crippen LogP contribution >= 0.6 is 23.4 Å². The Hall–Kier alpha value is -2.64. The molecule has 1 aromatic heterocycles. The Morgan fingerprint density at radius 1 is 1.15 bits per heavy atom. The van der Waals surface area contributed by atoms with E-state index in [2.05, 4.69) is 20.5 Å². The number of aromatic nitrogens is 3. The molecule has 0 aliphatic carbocycles. The average molecular weight is 401 g/mol. The number of amides is 1. The molecule has 3 aromatic rings. The first-order valence-corrected chi connectivity index (χ1v) is 9.57. The third kappa shape index (κ3) is 5.18. The van der Waals surface area contributed by atoms with Gasteiger partial charge < -0.3 is 5.32 Å². The summed E-state index contributed by atoms with van der Waals surface area (Å²) in [5.41, 5.74) is 2.47. The summed E-state index contributed by atoms with van der Waals surface area (Å²) in [5, 5.41) is 11.7. The molecule has 1 heterocycles. The van der Waals surface area contributed by atoms with Crippen LogP contribution in [-0.2, 0) is 11.2 Å². The molecule has 3 rings (SSSR count). The van der Waals surface area contributed by atoms with Crippen molar-refractivity contribution in [2.24, 2.45) is 0 Å². The molecule has 1 amide bonds. The van der Waals surface area contributed by atoms with Crippen molar-refractivity contribution in [3.8, 4) is 0 Å². The van der Waals surface area contributed by atoms with Crippen molar-refractivity contribution in [2.75, 3.05) is 11.1 Å². The number of hydrogen-bond acceptors (Lipinski definition) is 5. The summed E-state index contributed by atoms with van der Waals surface area (Å²) >= 11 is 7.16. The maximum atomic E-state index is 12.2. The standard InChI is InChI=1S/C19H17ClN4O2S/c1-12-14(20)8-5-9-15(12)21-17(25)11-27-19-22-18(26)16(23-24-19)10-13-6-3-2-4-7-13/h2-9H,10-11H2,1H3,(H,21,25)(H,22,24,26). The lowest BCUT2D eigenvalue weighted by Gasteiger charge is -2.09. The Balaban J connectivity index is 1.59. The van der Waals surface area contributed by atoms with Crippen LogP contribution in [0.25, 0.3) is 0 Å². The van der Waals surface area contributed by atoms with Crippen molar-refractivity contribution in [3.05, 3.63) is 80.7 Å². The Morgan fingerprint density at radius 2 is 1.93 bits per heavy atom. The van der Waals surface area contributed by atoms with Gasteiger partial charge in [-0.1, -0.05) is 59.8 Å². The fourth-order valence-corrected chi connectivity index (χ4v) is 3.16. The van der Waals surface area contributed by atoms with Gasteiger partial charge in [-0.25, -0.2) is 0 Å². The molecule has 0 aliphatic rings. The minimum atomic E-state index is -0.303. The van der Waals surface area contributed by atoms with E-state index in [1.165, 1.54) is 0 Å². The largest absolute Gasteiger partial charge is 0.325 e. The lowest BCUT2D eigenvalue weighted by Crippen LogP contribution is -2.19.